The minimum Gasteiger partial charge on any atom is -0.334 e. The largest absolute Gasteiger partial charge is 0.334 e. The number of amides is 2. The van der Waals surface area contributed by atoms with Gasteiger partial charge in [-0.3, -0.25) is 14.8 Å². The van der Waals surface area contributed by atoms with Gasteiger partial charge in [-0.05, 0) is 18.8 Å². The van der Waals surface area contributed by atoms with Crippen molar-refractivity contribution in [3.8, 4) is 0 Å². The van der Waals surface area contributed by atoms with Crippen LogP contribution in [0, 0.1) is 18.8 Å². The molecule has 9 heteroatoms. The summed E-state index contributed by atoms with van der Waals surface area (Å²) in [5, 5.41) is 5.99. The Morgan fingerprint density at radius 1 is 1.38 bits per heavy atom. The average Bonchev–Trinajstić information content (AvgIpc) is 3.10. The van der Waals surface area contributed by atoms with Gasteiger partial charge in [-0.15, -0.1) is 0 Å². The minimum absolute atomic E-state index is 0.0766. The molecule has 2 amide bonds. The number of fused-ring (bicyclic) bond motifs is 1. The van der Waals surface area contributed by atoms with E-state index in [1.165, 1.54) is 4.52 Å². The zero-order valence-corrected chi connectivity index (χ0v) is 16.0. The predicted molar refractivity (Wildman–Crippen MR) is 98.0 cm³/mol. The van der Waals surface area contributed by atoms with Gasteiger partial charge in [-0.1, -0.05) is 13.8 Å². The van der Waals surface area contributed by atoms with E-state index in [1.807, 2.05) is 0 Å². The number of hydrogen-bond acceptors (Lipinski definition) is 5. The molecule has 0 spiro atoms. The fourth-order valence-corrected chi connectivity index (χ4v) is 3.50. The third-order valence-corrected chi connectivity index (χ3v) is 4.89. The minimum atomic E-state index is -0.164. The Labute approximate surface area is 152 Å². The number of hydrogen-bond donors (Lipinski definition) is 2. The Balaban J connectivity index is 1.76. The molecule has 3 heterocycles. The van der Waals surface area contributed by atoms with Crippen LogP contribution in [0.5, 0.6) is 0 Å². The number of nitrogens with zero attached hydrogens (tertiary/aromatic N) is 5. The maximum atomic E-state index is 12.2. The number of aryl methyl sites for hydroxylation is 1. The van der Waals surface area contributed by atoms with Crippen molar-refractivity contribution in [3.63, 3.8) is 0 Å². The maximum absolute atomic E-state index is 12.2. The molecular formula is C17H27N7O2. The summed E-state index contributed by atoms with van der Waals surface area (Å²) in [4.78, 5) is 36.8. The number of H-pyrrole nitrogens is 1. The summed E-state index contributed by atoms with van der Waals surface area (Å²) in [5.41, 5.74) is 0.534. The fourth-order valence-electron chi connectivity index (χ4n) is 3.50. The van der Waals surface area contributed by atoms with Gasteiger partial charge in [0, 0.05) is 45.8 Å². The molecule has 2 N–H and O–H groups in total. The van der Waals surface area contributed by atoms with E-state index >= 15 is 0 Å². The van der Waals surface area contributed by atoms with E-state index in [0.717, 1.165) is 13.1 Å². The summed E-state index contributed by atoms with van der Waals surface area (Å²) in [7, 11) is 3.48. The van der Waals surface area contributed by atoms with E-state index in [1.54, 1.807) is 32.0 Å². The summed E-state index contributed by atoms with van der Waals surface area (Å²) in [5.74, 6) is 1.85. The van der Waals surface area contributed by atoms with Crippen molar-refractivity contribution in [2.24, 2.45) is 11.8 Å². The molecule has 2 atom stereocenters. The van der Waals surface area contributed by atoms with Gasteiger partial charge in [0.05, 0.1) is 5.69 Å². The molecular weight excluding hydrogens is 334 g/mol. The Kier molecular flexibility index (Phi) is 4.99. The SMILES string of the molecule is Cc1nc2nc(CN3C[C@@H](NC(=O)N(C)C)[C@H](C(C)C)C3)cc(=O)n2[nH]1. The van der Waals surface area contributed by atoms with Crippen LogP contribution < -0.4 is 10.9 Å². The number of nitrogens with one attached hydrogen (secondary N) is 2. The number of carbonyl (C=O) groups excluding carboxylic acids is 1. The molecule has 1 fully saturated rings. The molecule has 3 rings (SSSR count). The van der Waals surface area contributed by atoms with Crippen molar-refractivity contribution in [2.75, 3.05) is 27.2 Å². The van der Waals surface area contributed by atoms with Crippen molar-refractivity contribution in [2.45, 2.75) is 33.4 Å². The van der Waals surface area contributed by atoms with Crippen LogP contribution >= 0.6 is 0 Å². The molecule has 0 bridgehead atoms. The molecule has 142 valence electrons. The van der Waals surface area contributed by atoms with E-state index < -0.39 is 0 Å². The molecule has 2 aromatic rings. The quantitative estimate of drug-likeness (QED) is 0.824. The number of likely N-dealkylation sites (tertiary alicyclic amines) is 1. The lowest BCUT2D eigenvalue weighted by molar-refractivity contribution is 0.207. The first kappa shape index (κ1) is 18.4. The number of aromatic amines is 1. The van der Waals surface area contributed by atoms with Crippen LogP contribution in [-0.4, -0.2) is 68.6 Å². The molecule has 0 unspecified atom stereocenters. The molecule has 0 aromatic carbocycles. The molecule has 0 aliphatic carbocycles. The van der Waals surface area contributed by atoms with Gasteiger partial charge in [0.25, 0.3) is 11.3 Å². The summed E-state index contributed by atoms with van der Waals surface area (Å²) in [6.07, 6.45) is 0. The van der Waals surface area contributed by atoms with Crippen LogP contribution in [0.2, 0.25) is 0 Å². The van der Waals surface area contributed by atoms with E-state index in [4.69, 9.17) is 0 Å². The van der Waals surface area contributed by atoms with Gasteiger partial charge in [0.2, 0.25) is 0 Å². The van der Waals surface area contributed by atoms with Crippen LogP contribution in [0.15, 0.2) is 10.9 Å². The average molecular weight is 361 g/mol. The first-order chi connectivity index (χ1) is 12.2. The monoisotopic (exact) mass is 361 g/mol. The second kappa shape index (κ2) is 7.06. The molecule has 26 heavy (non-hydrogen) atoms. The van der Waals surface area contributed by atoms with Crippen molar-refractivity contribution in [1.82, 2.24) is 34.7 Å². The van der Waals surface area contributed by atoms with Crippen LogP contribution in [-0.2, 0) is 6.54 Å². The van der Waals surface area contributed by atoms with Gasteiger partial charge >= 0.3 is 6.03 Å². The zero-order chi connectivity index (χ0) is 19.0. The third kappa shape index (κ3) is 3.72. The van der Waals surface area contributed by atoms with E-state index in [0.29, 0.717) is 35.7 Å². The highest BCUT2D eigenvalue weighted by Crippen LogP contribution is 2.25. The zero-order valence-electron chi connectivity index (χ0n) is 16.0. The van der Waals surface area contributed by atoms with Gasteiger partial charge in [-0.25, -0.2) is 9.78 Å². The predicted octanol–water partition coefficient (Wildman–Crippen LogP) is 0.454. The second-order valence-corrected chi connectivity index (χ2v) is 7.58. The van der Waals surface area contributed by atoms with E-state index in [-0.39, 0.29) is 17.6 Å². The Hall–Kier alpha value is -2.42. The van der Waals surface area contributed by atoms with Crippen molar-refractivity contribution in [3.05, 3.63) is 27.9 Å². The molecule has 0 radical (unpaired) electrons. The Morgan fingerprint density at radius 3 is 2.77 bits per heavy atom. The van der Waals surface area contributed by atoms with Crippen molar-refractivity contribution in [1.29, 1.82) is 0 Å². The number of aromatic nitrogens is 4. The summed E-state index contributed by atoms with van der Waals surface area (Å²) in [6.45, 7) is 8.30. The number of carbonyl (C=O) groups is 1. The fraction of sp³-hybridized carbons (Fsp3) is 0.647. The highest BCUT2D eigenvalue weighted by atomic mass is 16.2. The standard InChI is InChI=1S/C17H27N7O2/c1-10(2)13-8-23(9-14(13)20-17(26)22(4)5)7-12-6-15(25)24-16(19-12)18-11(3)21-24/h6,10,13-14H,7-9H2,1-5H3,(H,20,26)(H,18,19,21)/t13-,14+/m0/s1. The molecule has 2 aromatic heterocycles. The van der Waals surface area contributed by atoms with Crippen LogP contribution in [0.3, 0.4) is 0 Å². The summed E-state index contributed by atoms with van der Waals surface area (Å²) < 4.78 is 1.35. The Morgan fingerprint density at radius 2 is 2.12 bits per heavy atom. The lowest BCUT2D eigenvalue weighted by atomic mass is 9.91. The van der Waals surface area contributed by atoms with Gasteiger partial charge in [0.1, 0.15) is 5.82 Å². The van der Waals surface area contributed by atoms with Gasteiger partial charge in [0.15, 0.2) is 0 Å². The number of urea groups is 1. The lowest BCUT2D eigenvalue weighted by Gasteiger charge is -2.24. The summed E-state index contributed by atoms with van der Waals surface area (Å²) in [6, 6.07) is 1.55. The maximum Gasteiger partial charge on any atom is 0.317 e. The van der Waals surface area contributed by atoms with Gasteiger partial charge in [-0.2, -0.15) is 9.50 Å². The smallest absolute Gasteiger partial charge is 0.317 e. The summed E-state index contributed by atoms with van der Waals surface area (Å²) >= 11 is 0. The lowest BCUT2D eigenvalue weighted by Crippen LogP contribution is -2.46. The normalized spacial score (nSPS) is 20.8. The highest BCUT2D eigenvalue weighted by molar-refractivity contribution is 5.73. The molecule has 0 saturated carbocycles. The van der Waals surface area contributed by atoms with E-state index in [9.17, 15) is 9.59 Å². The van der Waals surface area contributed by atoms with E-state index in [2.05, 4.69) is 39.1 Å². The van der Waals surface area contributed by atoms with Crippen molar-refractivity contribution >= 4 is 11.8 Å². The molecule has 1 aliphatic heterocycles. The van der Waals surface area contributed by atoms with Crippen LogP contribution in [0.25, 0.3) is 5.78 Å². The molecule has 1 saturated heterocycles. The highest BCUT2D eigenvalue weighted by Gasteiger charge is 2.36. The molecule has 1 aliphatic rings. The second-order valence-electron chi connectivity index (χ2n) is 7.58. The Bertz CT molecular complexity index is 854. The number of rotatable bonds is 4. The molecule has 9 nitrogen and oxygen atoms in total. The topological polar surface area (TPSA) is 98.6 Å². The van der Waals surface area contributed by atoms with Crippen LogP contribution in [0.4, 0.5) is 4.79 Å². The first-order valence-corrected chi connectivity index (χ1v) is 8.90. The first-order valence-electron chi connectivity index (χ1n) is 8.90. The third-order valence-electron chi connectivity index (χ3n) is 4.89. The van der Waals surface area contributed by atoms with Crippen molar-refractivity contribution < 1.29 is 4.79 Å². The van der Waals surface area contributed by atoms with Crippen LogP contribution in [0.1, 0.15) is 25.4 Å². The van der Waals surface area contributed by atoms with Gasteiger partial charge < -0.3 is 10.2 Å².